The van der Waals surface area contributed by atoms with Gasteiger partial charge in [-0.15, -0.1) is 0 Å². The zero-order valence-corrected chi connectivity index (χ0v) is 13.5. The maximum absolute atomic E-state index is 12.5. The summed E-state index contributed by atoms with van der Waals surface area (Å²) in [6.07, 6.45) is 0.302. The third kappa shape index (κ3) is 2.54. The number of carbonyl (C=O) groups is 3. The van der Waals surface area contributed by atoms with Crippen LogP contribution in [0.1, 0.15) is 44.4 Å². The highest BCUT2D eigenvalue weighted by Gasteiger charge is 2.54. The van der Waals surface area contributed by atoms with Crippen LogP contribution in [0.2, 0.25) is 0 Å². The van der Waals surface area contributed by atoms with Crippen molar-refractivity contribution in [1.29, 1.82) is 0 Å². The van der Waals surface area contributed by atoms with Gasteiger partial charge in [-0.1, -0.05) is 31.2 Å². The van der Waals surface area contributed by atoms with E-state index in [1.165, 1.54) is 0 Å². The molecule has 1 aromatic carbocycles. The lowest BCUT2D eigenvalue weighted by Crippen LogP contribution is -2.37. The van der Waals surface area contributed by atoms with Crippen LogP contribution in [-0.4, -0.2) is 17.9 Å². The first-order chi connectivity index (χ1) is 10.8. The zero-order chi connectivity index (χ0) is 16.8. The second-order valence-electron chi connectivity index (χ2n) is 6.84. The highest BCUT2D eigenvalue weighted by molar-refractivity contribution is 5.97. The summed E-state index contributed by atoms with van der Waals surface area (Å²) in [5.74, 6) is -2.80. The van der Waals surface area contributed by atoms with E-state index >= 15 is 0 Å². The van der Waals surface area contributed by atoms with Crippen molar-refractivity contribution in [2.45, 2.75) is 39.7 Å². The van der Waals surface area contributed by atoms with Gasteiger partial charge in [0.05, 0.1) is 11.3 Å². The van der Waals surface area contributed by atoms with Crippen molar-refractivity contribution >= 4 is 17.9 Å². The summed E-state index contributed by atoms with van der Waals surface area (Å²) in [5.41, 5.74) is 1.07. The molecule has 3 unspecified atom stereocenters. The predicted octanol–water partition coefficient (Wildman–Crippen LogP) is 2.58. The average Bonchev–Trinajstić information content (AvgIpc) is 2.81. The zero-order valence-electron chi connectivity index (χ0n) is 13.5. The van der Waals surface area contributed by atoms with Crippen LogP contribution in [0.15, 0.2) is 24.3 Å². The fourth-order valence-electron chi connectivity index (χ4n) is 3.08. The predicted molar refractivity (Wildman–Crippen MR) is 81.1 cm³/mol. The number of hydrogen-bond acceptors (Lipinski definition) is 5. The van der Waals surface area contributed by atoms with Gasteiger partial charge in [-0.05, 0) is 37.8 Å². The smallest absolute Gasteiger partial charge is 0.321 e. The Morgan fingerprint density at radius 1 is 1.26 bits per heavy atom. The van der Waals surface area contributed by atoms with Gasteiger partial charge in [0.2, 0.25) is 0 Å². The maximum Gasteiger partial charge on any atom is 0.321 e. The molecule has 1 fully saturated rings. The standard InChI is InChI=1S/C18H20O5/c1-4-18(2,3)17(21)22-14-11-8-6-5-7-10(11)9-12-13(14)16(20)23-15(12)19/h5-8,12-14H,4,9H2,1-3H3. The molecular formula is C18H20O5. The fourth-order valence-corrected chi connectivity index (χ4v) is 3.08. The fraction of sp³-hybridized carbons (Fsp3) is 0.500. The van der Waals surface area contributed by atoms with Crippen molar-refractivity contribution in [3.05, 3.63) is 35.4 Å². The van der Waals surface area contributed by atoms with E-state index in [2.05, 4.69) is 0 Å². The van der Waals surface area contributed by atoms with Gasteiger partial charge in [-0.3, -0.25) is 14.4 Å². The summed E-state index contributed by atoms with van der Waals surface area (Å²) in [6.45, 7) is 5.52. The van der Waals surface area contributed by atoms with Crippen LogP contribution >= 0.6 is 0 Å². The van der Waals surface area contributed by atoms with Crippen LogP contribution in [0, 0.1) is 17.3 Å². The van der Waals surface area contributed by atoms with E-state index in [9.17, 15) is 14.4 Å². The minimum Gasteiger partial charge on any atom is -0.456 e. The van der Waals surface area contributed by atoms with Gasteiger partial charge < -0.3 is 9.47 Å². The molecule has 1 aliphatic heterocycles. The Labute approximate surface area is 135 Å². The van der Waals surface area contributed by atoms with Gasteiger partial charge in [-0.2, -0.15) is 0 Å². The molecule has 0 N–H and O–H groups in total. The van der Waals surface area contributed by atoms with E-state index in [0.717, 1.165) is 11.1 Å². The van der Waals surface area contributed by atoms with Crippen molar-refractivity contribution < 1.29 is 23.9 Å². The number of ether oxygens (including phenoxy) is 2. The third-order valence-electron chi connectivity index (χ3n) is 5.01. The number of fused-ring (bicyclic) bond motifs is 2. The van der Waals surface area contributed by atoms with Crippen LogP contribution < -0.4 is 0 Å². The van der Waals surface area contributed by atoms with Crippen LogP contribution in [0.4, 0.5) is 0 Å². The van der Waals surface area contributed by atoms with Gasteiger partial charge >= 0.3 is 17.9 Å². The molecule has 3 atom stereocenters. The molecule has 0 saturated carbocycles. The molecule has 1 heterocycles. The Morgan fingerprint density at radius 2 is 1.96 bits per heavy atom. The molecule has 1 saturated heterocycles. The van der Waals surface area contributed by atoms with Crippen molar-refractivity contribution in [2.24, 2.45) is 17.3 Å². The normalized spacial score (nSPS) is 26.3. The van der Waals surface area contributed by atoms with Gasteiger partial charge in [0, 0.05) is 0 Å². The molecule has 122 valence electrons. The lowest BCUT2D eigenvalue weighted by atomic mass is 9.75. The molecule has 0 spiro atoms. The summed E-state index contributed by atoms with van der Waals surface area (Å²) >= 11 is 0. The molecule has 3 rings (SSSR count). The van der Waals surface area contributed by atoms with Crippen molar-refractivity contribution in [3.8, 4) is 0 Å². The minimum absolute atomic E-state index is 0.368. The lowest BCUT2D eigenvalue weighted by Gasteiger charge is -2.33. The largest absolute Gasteiger partial charge is 0.456 e. The number of carbonyl (C=O) groups excluding carboxylic acids is 3. The van der Waals surface area contributed by atoms with Crippen molar-refractivity contribution in [1.82, 2.24) is 0 Å². The van der Waals surface area contributed by atoms with E-state index in [1.807, 2.05) is 31.2 Å². The number of rotatable bonds is 3. The molecule has 23 heavy (non-hydrogen) atoms. The second-order valence-corrected chi connectivity index (χ2v) is 6.84. The van der Waals surface area contributed by atoms with Crippen LogP contribution in [0.25, 0.3) is 0 Å². The molecular weight excluding hydrogens is 296 g/mol. The van der Waals surface area contributed by atoms with Gasteiger partial charge in [0.25, 0.3) is 0 Å². The Morgan fingerprint density at radius 3 is 2.65 bits per heavy atom. The van der Waals surface area contributed by atoms with Crippen LogP contribution in [0.3, 0.4) is 0 Å². The number of cyclic esters (lactones) is 2. The highest BCUT2D eigenvalue weighted by atomic mass is 16.6. The molecule has 2 aliphatic rings. The molecule has 1 aromatic rings. The van der Waals surface area contributed by atoms with E-state index in [0.29, 0.717) is 12.8 Å². The van der Waals surface area contributed by atoms with Crippen molar-refractivity contribution in [2.75, 3.05) is 0 Å². The van der Waals surface area contributed by atoms with Gasteiger partial charge in [0.1, 0.15) is 12.0 Å². The number of esters is 3. The number of hydrogen-bond donors (Lipinski definition) is 0. The maximum atomic E-state index is 12.5. The second kappa shape index (κ2) is 5.48. The Hall–Kier alpha value is -2.17. The monoisotopic (exact) mass is 316 g/mol. The SMILES string of the molecule is CCC(C)(C)C(=O)OC1c2ccccc2CC2C(=O)OC(=O)C21. The van der Waals surface area contributed by atoms with E-state index < -0.39 is 35.3 Å². The van der Waals surface area contributed by atoms with E-state index in [-0.39, 0.29) is 5.97 Å². The quantitative estimate of drug-likeness (QED) is 0.633. The van der Waals surface area contributed by atoms with Crippen molar-refractivity contribution in [3.63, 3.8) is 0 Å². The van der Waals surface area contributed by atoms with Gasteiger partial charge in [0.15, 0.2) is 0 Å². The average molecular weight is 316 g/mol. The Balaban J connectivity index is 2.00. The Bertz CT molecular complexity index is 676. The highest BCUT2D eigenvalue weighted by Crippen LogP contribution is 2.45. The molecule has 0 bridgehead atoms. The number of benzene rings is 1. The third-order valence-corrected chi connectivity index (χ3v) is 5.01. The molecule has 1 aliphatic carbocycles. The molecule has 0 amide bonds. The summed E-state index contributed by atoms with van der Waals surface area (Å²) in [4.78, 5) is 36.5. The van der Waals surface area contributed by atoms with E-state index in [1.54, 1.807) is 13.8 Å². The topological polar surface area (TPSA) is 69.7 Å². The summed E-state index contributed by atoms with van der Waals surface area (Å²) < 4.78 is 10.5. The first-order valence-electron chi connectivity index (χ1n) is 7.89. The lowest BCUT2D eigenvalue weighted by molar-refractivity contribution is -0.167. The Kier molecular flexibility index (Phi) is 3.74. The molecule has 0 aromatic heterocycles. The minimum atomic E-state index is -0.762. The first kappa shape index (κ1) is 15.7. The first-order valence-corrected chi connectivity index (χ1v) is 7.89. The molecule has 5 nitrogen and oxygen atoms in total. The summed E-state index contributed by atoms with van der Waals surface area (Å²) in [7, 11) is 0. The van der Waals surface area contributed by atoms with Crippen LogP contribution in [0.5, 0.6) is 0 Å². The van der Waals surface area contributed by atoms with Crippen LogP contribution in [-0.2, 0) is 30.3 Å². The summed E-state index contributed by atoms with van der Waals surface area (Å²) in [6, 6.07) is 7.45. The van der Waals surface area contributed by atoms with Gasteiger partial charge in [-0.25, -0.2) is 0 Å². The molecule has 0 radical (unpaired) electrons. The summed E-state index contributed by atoms with van der Waals surface area (Å²) in [5, 5.41) is 0. The molecule has 5 heteroatoms. The van der Waals surface area contributed by atoms with E-state index in [4.69, 9.17) is 9.47 Å².